The van der Waals surface area contributed by atoms with Crippen LogP contribution < -0.4 is 26.0 Å². The summed E-state index contributed by atoms with van der Waals surface area (Å²) in [4.78, 5) is 191. The second-order valence-electron chi connectivity index (χ2n) is 26.7. The Hall–Kier alpha value is -7.71. The Balaban J connectivity index is 1.62. The molecule has 10 atom stereocenters. The average molecular weight is 1390 g/mol. The minimum atomic E-state index is -1.70. The molecule has 0 saturated carbocycles. The minimum absolute atomic E-state index is 0.0369. The van der Waals surface area contributed by atoms with Gasteiger partial charge in [0.25, 0.3) is 0 Å². The lowest BCUT2D eigenvalue weighted by atomic mass is 9.95. The van der Waals surface area contributed by atoms with Crippen molar-refractivity contribution in [2.24, 2.45) is 11.8 Å². The van der Waals surface area contributed by atoms with Gasteiger partial charge in [-0.25, -0.2) is 0 Å². The summed E-state index contributed by atoms with van der Waals surface area (Å²) in [6.45, 7) is 15.7. The number of methoxy groups -OCH3 is 1. The molecule has 4 heterocycles. The van der Waals surface area contributed by atoms with E-state index in [9.17, 15) is 52.7 Å². The topological polar surface area (TPSA) is 301 Å². The second kappa shape index (κ2) is 35.3. The van der Waals surface area contributed by atoms with E-state index >= 15 is 4.79 Å². The molecule has 3 aliphatic heterocycles. The number of nitrogens with zero attached hydrogens (tertiary/aromatic N) is 9. The van der Waals surface area contributed by atoms with E-state index in [1.165, 1.54) is 106 Å². The highest BCUT2D eigenvalue weighted by Crippen LogP contribution is 2.27. The van der Waals surface area contributed by atoms with Crippen LogP contribution in [0.2, 0.25) is 0 Å². The average Bonchev–Trinajstić information content (AvgIpc) is 0.792. The predicted octanol–water partition coefficient (Wildman–Crippen LogP) is 3.31. The van der Waals surface area contributed by atoms with Crippen molar-refractivity contribution >= 4 is 86.8 Å². The summed E-state index contributed by atoms with van der Waals surface area (Å²) in [6, 6.07) is -2.54. The third-order valence-electron chi connectivity index (χ3n) is 19.1. The van der Waals surface area contributed by atoms with Gasteiger partial charge in [-0.15, -0.1) is 0 Å². The first-order valence-electron chi connectivity index (χ1n) is 33.4. The van der Waals surface area contributed by atoms with E-state index in [0.717, 1.165) is 11.3 Å². The molecule has 12 amide bonds. The van der Waals surface area contributed by atoms with Crippen molar-refractivity contribution in [1.82, 2.24) is 65.5 Å². The Morgan fingerprint density at radius 2 is 1.34 bits per heavy atom. The maximum atomic E-state index is 15.1. The van der Waals surface area contributed by atoms with Crippen LogP contribution in [0.25, 0.3) is 0 Å². The number of halogens is 1. The van der Waals surface area contributed by atoms with Gasteiger partial charge < -0.3 is 65.2 Å². The molecule has 3 aliphatic rings. The van der Waals surface area contributed by atoms with Crippen LogP contribution in [0.1, 0.15) is 144 Å². The van der Waals surface area contributed by atoms with Crippen molar-refractivity contribution in [3.63, 3.8) is 0 Å². The van der Waals surface area contributed by atoms with Crippen molar-refractivity contribution in [1.29, 1.82) is 0 Å². The number of nitrogens with one attached hydrogen (secondary N) is 4. The third kappa shape index (κ3) is 20.0. The Bertz CT molecular complexity index is 3070. The molecule has 3 saturated heterocycles. The van der Waals surface area contributed by atoms with Gasteiger partial charge in [-0.3, -0.25) is 62.5 Å². The van der Waals surface area contributed by atoms with Crippen LogP contribution in [0.15, 0.2) is 47.2 Å². The smallest absolute Gasteiger partial charge is 0.246 e. The van der Waals surface area contributed by atoms with E-state index in [1.807, 2.05) is 27.7 Å². The highest BCUT2D eigenvalue weighted by molar-refractivity contribution is 9.10. The molecule has 1 unspecified atom stereocenters. The van der Waals surface area contributed by atoms with Crippen LogP contribution in [0.5, 0.6) is 5.75 Å². The lowest BCUT2D eigenvalue weighted by Gasteiger charge is -2.45. The monoisotopic (exact) mass is 1390 g/mol. The highest BCUT2D eigenvalue weighted by Gasteiger charge is 2.47. The molecule has 1 aromatic heterocycles. The first-order valence-corrected chi connectivity index (χ1v) is 34.1. The number of ether oxygens (including phenoxy) is 1. The molecule has 2 aromatic rings. The standard InChI is InChI=1S/C68H104BrN13O13/c1-17-20-24-48-62(89)80(15)68(8,9)67(94)73-50(33-41(4)5)61(88)78(13)54(65(92)81-30-22-21-23-31-81)37-56(84)77(12)51(19-3)59(86)74-57(42(6)18-2)66(93)76(11)43(7)60(87)82-32-29-52(82)64(91)79(14)53(36-44-25-27-47(95-16)28-26-44)63(90)75(10)40-55(83)71-49(58(85)72-48)35-45-34-46(69)39-70-38-45/h25-28,34,38-39,41-43,48-54,57H,17-24,29-33,35-37,40H2,1-16H3,(H,71,83)(H,72,85)(H,73,94)(H,74,86)/t42-,43-,48-,49-,50-,51-,52?,53-,54-,57-/m0/s1. The van der Waals surface area contributed by atoms with E-state index in [2.05, 4.69) is 42.2 Å². The number of carbonyl (C=O) groups excluding carboxylic acids is 12. The predicted molar refractivity (Wildman–Crippen MR) is 360 cm³/mol. The number of rotatable bonds is 14. The van der Waals surface area contributed by atoms with Crippen LogP contribution in [-0.2, 0) is 70.4 Å². The van der Waals surface area contributed by atoms with Gasteiger partial charge in [0, 0.05) is 91.6 Å². The van der Waals surface area contributed by atoms with Crippen molar-refractivity contribution < 1.29 is 62.3 Å². The van der Waals surface area contributed by atoms with Gasteiger partial charge in [-0.05, 0) is 123 Å². The number of unbranched alkanes of at least 4 members (excludes halogenated alkanes) is 1. The summed E-state index contributed by atoms with van der Waals surface area (Å²) in [5.74, 6) is -8.06. The van der Waals surface area contributed by atoms with Gasteiger partial charge in [-0.2, -0.15) is 0 Å². The molecule has 4 N–H and O–H groups in total. The maximum absolute atomic E-state index is 15.1. The molecule has 3 fully saturated rings. The van der Waals surface area contributed by atoms with Crippen molar-refractivity contribution in [2.45, 2.75) is 206 Å². The number of likely N-dealkylation sites (tertiary alicyclic amines) is 1. The van der Waals surface area contributed by atoms with Crippen LogP contribution in [0, 0.1) is 11.8 Å². The van der Waals surface area contributed by atoms with Gasteiger partial charge >= 0.3 is 0 Å². The molecule has 0 spiro atoms. The molecule has 27 heteroatoms. The van der Waals surface area contributed by atoms with Crippen molar-refractivity contribution in [3.05, 3.63) is 58.3 Å². The summed E-state index contributed by atoms with van der Waals surface area (Å²) >= 11 is 3.43. The lowest BCUT2D eigenvalue weighted by Crippen LogP contribution is -2.65. The van der Waals surface area contributed by atoms with Crippen LogP contribution in [0.4, 0.5) is 0 Å². The molecule has 5 rings (SSSR count). The summed E-state index contributed by atoms with van der Waals surface area (Å²) < 4.78 is 5.95. The van der Waals surface area contributed by atoms with Gasteiger partial charge in [0.15, 0.2) is 0 Å². The number of hydrogen-bond donors (Lipinski definition) is 4. The number of likely N-dealkylation sites (N-methyl/N-ethyl adjacent to an activating group) is 6. The van der Waals surface area contributed by atoms with Gasteiger partial charge in [0.05, 0.1) is 20.1 Å². The number of pyridine rings is 1. The molecule has 95 heavy (non-hydrogen) atoms. The molecular weight excluding hydrogens is 1290 g/mol. The number of aromatic nitrogens is 1. The molecular formula is C68H104BrN13O13. The third-order valence-corrected chi connectivity index (χ3v) is 19.6. The summed E-state index contributed by atoms with van der Waals surface area (Å²) in [6.07, 6.45) is 6.57. The van der Waals surface area contributed by atoms with E-state index in [-0.39, 0.29) is 51.0 Å². The fourth-order valence-electron chi connectivity index (χ4n) is 12.1. The summed E-state index contributed by atoms with van der Waals surface area (Å²) in [5.41, 5.74) is -0.552. The van der Waals surface area contributed by atoms with E-state index in [1.54, 1.807) is 55.3 Å². The number of fused-ring (bicyclic) bond motifs is 1. The zero-order valence-corrected chi connectivity index (χ0v) is 60.2. The Morgan fingerprint density at radius 3 is 1.91 bits per heavy atom. The van der Waals surface area contributed by atoms with Gasteiger partial charge in [0.1, 0.15) is 65.7 Å². The zero-order chi connectivity index (χ0) is 70.9. The molecule has 26 nitrogen and oxygen atoms in total. The maximum Gasteiger partial charge on any atom is 0.246 e. The van der Waals surface area contributed by atoms with Gasteiger partial charge in [0.2, 0.25) is 70.9 Å². The molecule has 526 valence electrons. The SMILES string of the molecule is CCCC[C@@H]1NC(=O)[C@H](Cc2cncc(Br)c2)NC(=O)CN(C)C(=O)[C@H](Cc2ccc(OC)cc2)N(C)C(=O)C2CCN2C(=O)[C@H](C)N(C)C(=O)[C@H]([C@@H](C)CC)NC(=O)[C@H](CC)N(C)C(=O)C[C@@H](C(=O)N2CCCCC2)N(C)C(=O)[C@H](CC(C)C)NC(=O)C(C)(C)N(C)C1=O. The molecule has 0 bridgehead atoms. The Morgan fingerprint density at radius 1 is 0.684 bits per heavy atom. The van der Waals surface area contributed by atoms with E-state index in [0.29, 0.717) is 66.5 Å². The fourth-order valence-corrected chi connectivity index (χ4v) is 12.5. The zero-order valence-electron chi connectivity index (χ0n) is 58.6. The summed E-state index contributed by atoms with van der Waals surface area (Å²) in [5, 5.41) is 11.4. The minimum Gasteiger partial charge on any atom is -0.497 e. The summed E-state index contributed by atoms with van der Waals surface area (Å²) in [7, 11) is 9.97. The van der Waals surface area contributed by atoms with Crippen LogP contribution in [0.3, 0.4) is 0 Å². The fraction of sp³-hybridized carbons (Fsp3) is 0.662. The quantitative estimate of drug-likeness (QED) is 0.211. The molecule has 0 radical (unpaired) electrons. The Labute approximate surface area is 569 Å². The van der Waals surface area contributed by atoms with Crippen molar-refractivity contribution in [2.75, 3.05) is 75.6 Å². The van der Waals surface area contributed by atoms with E-state index in [4.69, 9.17) is 4.74 Å². The largest absolute Gasteiger partial charge is 0.497 e. The normalized spacial score (nSPS) is 25.7. The number of piperidine rings is 1. The number of amides is 12. The number of hydrogen-bond acceptors (Lipinski definition) is 14. The number of benzene rings is 1. The lowest BCUT2D eigenvalue weighted by molar-refractivity contribution is -0.160. The number of carbonyl (C=O) groups is 12. The van der Waals surface area contributed by atoms with Crippen molar-refractivity contribution in [3.8, 4) is 5.75 Å². The van der Waals surface area contributed by atoms with Gasteiger partial charge in [-0.1, -0.05) is 72.9 Å². The first-order chi connectivity index (χ1) is 44.7. The second-order valence-corrected chi connectivity index (χ2v) is 27.6. The molecule has 1 aromatic carbocycles. The van der Waals surface area contributed by atoms with Crippen LogP contribution >= 0.6 is 15.9 Å². The highest BCUT2D eigenvalue weighted by atomic mass is 79.9. The van der Waals surface area contributed by atoms with E-state index < -0.39 is 150 Å². The van der Waals surface area contributed by atoms with Crippen LogP contribution in [-0.4, -0.2) is 251 Å². The first kappa shape index (κ1) is 78.0. The molecule has 0 aliphatic carbocycles. The Kier molecular flexibility index (Phi) is 29.0.